The third kappa shape index (κ3) is 2.64. The molecule has 1 aliphatic heterocycles. The number of hydrogen-bond donors (Lipinski definition) is 2. The molecule has 1 amide bonds. The van der Waals surface area contributed by atoms with Crippen molar-refractivity contribution in [1.29, 1.82) is 0 Å². The minimum Gasteiger partial charge on any atom is -0.507 e. The molecule has 0 bridgehead atoms. The highest BCUT2D eigenvalue weighted by Gasteiger charge is 2.26. The predicted octanol–water partition coefficient (Wildman–Crippen LogP) is 4.42. The molecule has 0 atom stereocenters. The van der Waals surface area contributed by atoms with Crippen LogP contribution in [0.5, 0.6) is 11.5 Å². The molecule has 1 aliphatic rings. The van der Waals surface area contributed by atoms with E-state index in [-0.39, 0.29) is 11.7 Å². The molecule has 6 heteroatoms. The number of fused-ring (bicyclic) bond motifs is 1. The van der Waals surface area contributed by atoms with Crippen molar-refractivity contribution in [2.24, 2.45) is 0 Å². The Labute approximate surface area is 144 Å². The highest BCUT2D eigenvalue weighted by atomic mass is 79.9. The van der Waals surface area contributed by atoms with E-state index in [1.165, 1.54) is 13.2 Å². The van der Waals surface area contributed by atoms with Crippen LogP contribution in [0, 0.1) is 0 Å². The summed E-state index contributed by atoms with van der Waals surface area (Å²) in [5.41, 5.74) is 2.56. The molecule has 112 valence electrons. The number of hydrogen-bond acceptors (Lipinski definition) is 3. The maximum Gasteiger partial charge on any atom is 0.256 e. The number of carbonyl (C=O) groups is 1. The summed E-state index contributed by atoms with van der Waals surface area (Å²) in [7, 11) is 1.53. The Hall–Kier alpha value is -1.79. The molecular weight excluding hydrogens is 414 g/mol. The van der Waals surface area contributed by atoms with E-state index in [0.717, 1.165) is 20.2 Å². The third-order valence-electron chi connectivity index (χ3n) is 3.37. The Morgan fingerprint density at radius 1 is 1.23 bits per heavy atom. The van der Waals surface area contributed by atoms with Gasteiger partial charge in [-0.3, -0.25) is 4.79 Å². The van der Waals surface area contributed by atoms with E-state index < -0.39 is 0 Å². The van der Waals surface area contributed by atoms with E-state index in [4.69, 9.17) is 4.74 Å². The van der Waals surface area contributed by atoms with Crippen molar-refractivity contribution < 1.29 is 14.6 Å². The molecule has 0 radical (unpaired) electrons. The Balaban J connectivity index is 2.12. The van der Waals surface area contributed by atoms with Crippen LogP contribution in [0.25, 0.3) is 11.6 Å². The fourth-order valence-corrected chi connectivity index (χ4v) is 3.61. The van der Waals surface area contributed by atoms with Crippen LogP contribution < -0.4 is 10.1 Å². The fourth-order valence-electron chi connectivity index (χ4n) is 2.29. The van der Waals surface area contributed by atoms with Crippen LogP contribution in [-0.2, 0) is 4.79 Å². The molecule has 22 heavy (non-hydrogen) atoms. The van der Waals surface area contributed by atoms with Gasteiger partial charge in [-0.05, 0) is 46.3 Å². The van der Waals surface area contributed by atoms with Crippen LogP contribution in [0.2, 0.25) is 0 Å². The maximum atomic E-state index is 12.2. The third-order valence-corrected chi connectivity index (χ3v) is 4.45. The summed E-state index contributed by atoms with van der Waals surface area (Å²) in [5.74, 6) is 0.410. The number of benzene rings is 2. The van der Waals surface area contributed by atoms with Gasteiger partial charge in [0.2, 0.25) is 0 Å². The van der Waals surface area contributed by atoms with E-state index in [9.17, 15) is 9.90 Å². The molecule has 0 fully saturated rings. The second kappa shape index (κ2) is 5.78. The van der Waals surface area contributed by atoms with E-state index in [1.807, 2.05) is 12.1 Å². The van der Waals surface area contributed by atoms with Crippen molar-refractivity contribution in [1.82, 2.24) is 0 Å². The van der Waals surface area contributed by atoms with Gasteiger partial charge in [-0.2, -0.15) is 0 Å². The number of rotatable bonds is 2. The lowest BCUT2D eigenvalue weighted by molar-refractivity contribution is -0.110. The number of anilines is 1. The van der Waals surface area contributed by atoms with Crippen LogP contribution in [0.1, 0.15) is 11.1 Å². The molecule has 2 aromatic rings. The Morgan fingerprint density at radius 3 is 2.68 bits per heavy atom. The van der Waals surface area contributed by atoms with Gasteiger partial charge in [0.1, 0.15) is 11.5 Å². The zero-order valence-electron chi connectivity index (χ0n) is 11.5. The number of carbonyl (C=O) groups excluding carboxylic acids is 1. The lowest BCUT2D eigenvalue weighted by Gasteiger charge is -2.05. The first kappa shape index (κ1) is 15.1. The topological polar surface area (TPSA) is 58.6 Å². The van der Waals surface area contributed by atoms with Crippen LogP contribution in [0.3, 0.4) is 0 Å². The monoisotopic (exact) mass is 423 g/mol. The summed E-state index contributed by atoms with van der Waals surface area (Å²) >= 11 is 6.85. The predicted molar refractivity (Wildman–Crippen MR) is 93.0 cm³/mol. The number of methoxy groups -OCH3 is 1. The van der Waals surface area contributed by atoms with Gasteiger partial charge in [0.05, 0.1) is 12.8 Å². The van der Waals surface area contributed by atoms with Gasteiger partial charge in [0.25, 0.3) is 5.91 Å². The summed E-state index contributed by atoms with van der Waals surface area (Å²) < 4.78 is 6.72. The van der Waals surface area contributed by atoms with Crippen LogP contribution in [0.15, 0.2) is 39.3 Å². The highest BCUT2D eigenvalue weighted by Crippen LogP contribution is 2.41. The molecule has 0 saturated heterocycles. The fraction of sp³-hybridized carbons (Fsp3) is 0.0625. The van der Waals surface area contributed by atoms with E-state index in [0.29, 0.717) is 16.9 Å². The number of phenolic OH excluding ortho intramolecular Hbond substituents is 1. The molecule has 0 unspecified atom stereocenters. The highest BCUT2D eigenvalue weighted by molar-refractivity contribution is 9.11. The summed E-state index contributed by atoms with van der Waals surface area (Å²) in [5, 5.41) is 12.9. The average Bonchev–Trinajstić information content (AvgIpc) is 2.78. The summed E-state index contributed by atoms with van der Waals surface area (Å²) in [4.78, 5) is 12.2. The first-order chi connectivity index (χ1) is 10.5. The standard InChI is InChI=1S/C16H11Br2NO3/c1-22-10-3-2-8(14(20)7-10)4-12-11-5-9(17)6-13(18)15(11)19-16(12)21/h2-7,20H,1H3,(H,19,21). The zero-order chi connectivity index (χ0) is 15.9. The number of nitrogens with one attached hydrogen (secondary N) is 1. The quantitative estimate of drug-likeness (QED) is 0.701. The van der Waals surface area contributed by atoms with Gasteiger partial charge in [-0.1, -0.05) is 15.9 Å². The Morgan fingerprint density at radius 2 is 2.00 bits per heavy atom. The summed E-state index contributed by atoms with van der Waals surface area (Å²) in [6.07, 6.45) is 1.66. The van der Waals surface area contributed by atoms with Crippen LogP contribution in [0.4, 0.5) is 5.69 Å². The number of aromatic hydroxyl groups is 1. The molecule has 4 nitrogen and oxygen atoms in total. The molecule has 0 aromatic heterocycles. The first-order valence-corrected chi connectivity index (χ1v) is 7.97. The van der Waals surface area contributed by atoms with Gasteiger partial charge < -0.3 is 15.2 Å². The average molecular weight is 425 g/mol. The normalized spacial score (nSPS) is 14.9. The van der Waals surface area contributed by atoms with Crippen LogP contribution in [-0.4, -0.2) is 18.1 Å². The van der Waals surface area contributed by atoms with Crippen molar-refractivity contribution in [3.8, 4) is 11.5 Å². The van der Waals surface area contributed by atoms with Gasteiger partial charge in [0, 0.05) is 31.7 Å². The molecule has 1 heterocycles. The molecule has 0 spiro atoms. The second-order valence-corrected chi connectivity index (χ2v) is 6.52. The van der Waals surface area contributed by atoms with Gasteiger partial charge >= 0.3 is 0 Å². The summed E-state index contributed by atoms with van der Waals surface area (Å²) in [6.45, 7) is 0. The molecule has 2 N–H and O–H groups in total. The largest absolute Gasteiger partial charge is 0.507 e. The number of phenols is 1. The summed E-state index contributed by atoms with van der Waals surface area (Å²) in [6, 6.07) is 8.68. The number of ether oxygens (including phenoxy) is 1. The van der Waals surface area contributed by atoms with E-state index >= 15 is 0 Å². The minimum absolute atomic E-state index is 0.0576. The second-order valence-electron chi connectivity index (χ2n) is 4.75. The van der Waals surface area contributed by atoms with Crippen molar-refractivity contribution in [2.75, 3.05) is 12.4 Å². The van der Waals surface area contributed by atoms with Crippen molar-refractivity contribution in [3.63, 3.8) is 0 Å². The van der Waals surface area contributed by atoms with Gasteiger partial charge in [-0.25, -0.2) is 0 Å². The lowest BCUT2D eigenvalue weighted by atomic mass is 10.0. The Bertz CT molecular complexity index is 815. The van der Waals surface area contributed by atoms with Gasteiger partial charge in [0.15, 0.2) is 0 Å². The zero-order valence-corrected chi connectivity index (χ0v) is 14.7. The van der Waals surface area contributed by atoms with Crippen molar-refractivity contribution in [2.45, 2.75) is 0 Å². The van der Waals surface area contributed by atoms with E-state index in [1.54, 1.807) is 18.2 Å². The molecule has 0 aliphatic carbocycles. The van der Waals surface area contributed by atoms with E-state index in [2.05, 4.69) is 37.2 Å². The maximum absolute atomic E-state index is 12.2. The minimum atomic E-state index is -0.205. The number of amides is 1. The Kier molecular flexibility index (Phi) is 3.97. The first-order valence-electron chi connectivity index (χ1n) is 6.39. The smallest absolute Gasteiger partial charge is 0.256 e. The molecule has 0 saturated carbocycles. The van der Waals surface area contributed by atoms with Crippen molar-refractivity contribution >= 4 is 55.1 Å². The lowest BCUT2D eigenvalue weighted by Crippen LogP contribution is -2.03. The molecule has 2 aromatic carbocycles. The molecule has 3 rings (SSSR count). The number of halogens is 2. The van der Waals surface area contributed by atoms with Gasteiger partial charge in [-0.15, -0.1) is 0 Å². The SMILES string of the molecule is COc1ccc(C=C2C(=O)Nc3c(Br)cc(Br)cc32)c(O)c1. The van der Waals surface area contributed by atoms with Crippen molar-refractivity contribution in [3.05, 3.63) is 50.4 Å². The van der Waals surface area contributed by atoms with Crippen LogP contribution >= 0.6 is 31.9 Å². The molecular formula is C16H11Br2NO3.